The fourth-order valence-corrected chi connectivity index (χ4v) is 4.64. The predicted octanol–water partition coefficient (Wildman–Crippen LogP) is 3.57. The Balaban J connectivity index is 0.00000225. The van der Waals surface area contributed by atoms with Gasteiger partial charge in [0.05, 0.1) is 0 Å². The molecule has 0 spiro atoms. The fraction of sp³-hybridized carbons (Fsp3) is 0.650. The van der Waals surface area contributed by atoms with Gasteiger partial charge in [0.1, 0.15) is 0 Å². The maximum Gasteiger partial charge on any atom is 0.227 e. The highest BCUT2D eigenvalue weighted by Crippen LogP contribution is 2.42. The van der Waals surface area contributed by atoms with Gasteiger partial charge in [-0.2, -0.15) is 0 Å². The Morgan fingerprint density at radius 3 is 2.44 bits per heavy atom. The summed E-state index contributed by atoms with van der Waals surface area (Å²) in [6.45, 7) is 2.96. The van der Waals surface area contributed by atoms with Crippen LogP contribution in [0.4, 0.5) is 5.69 Å². The first-order valence-corrected chi connectivity index (χ1v) is 9.24. The third-order valence-electron chi connectivity index (χ3n) is 5.69. The number of hydrogen-bond donors (Lipinski definition) is 2. The van der Waals surface area contributed by atoms with Crippen molar-refractivity contribution in [3.8, 4) is 0 Å². The van der Waals surface area contributed by atoms with E-state index in [-0.39, 0.29) is 24.2 Å². The van der Waals surface area contributed by atoms with Gasteiger partial charge in [0.15, 0.2) is 0 Å². The Morgan fingerprint density at radius 1 is 1.20 bits per heavy atom. The van der Waals surface area contributed by atoms with E-state index < -0.39 is 0 Å². The van der Waals surface area contributed by atoms with Crippen LogP contribution in [0.3, 0.4) is 0 Å². The molecule has 1 aromatic carbocycles. The minimum atomic E-state index is 0. The standard InChI is InChI=1S/C20H31N3O.ClH/c1-13-7-14(12-23(2)3)9-18(8-13)22-20(24)17-10-15-5-4-6-16(11-17)19(15)21;/h7-9,15-17,19H,4-6,10-12,21H2,1-3H3,(H,22,24);1H. The molecule has 2 atom stereocenters. The number of rotatable bonds is 4. The molecule has 0 radical (unpaired) electrons. The van der Waals surface area contributed by atoms with Crippen LogP contribution in [0, 0.1) is 24.7 Å². The maximum absolute atomic E-state index is 12.8. The van der Waals surface area contributed by atoms with Gasteiger partial charge in [-0.15, -0.1) is 12.4 Å². The van der Waals surface area contributed by atoms with Crippen LogP contribution in [0.1, 0.15) is 43.2 Å². The normalized spacial score (nSPS) is 28.4. The molecule has 2 aliphatic carbocycles. The highest BCUT2D eigenvalue weighted by atomic mass is 35.5. The average Bonchev–Trinajstić information content (AvgIpc) is 2.45. The van der Waals surface area contributed by atoms with E-state index in [0.717, 1.165) is 25.1 Å². The second kappa shape index (κ2) is 8.52. The molecule has 4 nitrogen and oxygen atoms in total. The van der Waals surface area contributed by atoms with Gasteiger partial charge in [0.25, 0.3) is 0 Å². The second-order valence-electron chi connectivity index (χ2n) is 8.13. The monoisotopic (exact) mass is 365 g/mol. The van der Waals surface area contributed by atoms with Crippen molar-refractivity contribution in [2.45, 2.75) is 51.6 Å². The van der Waals surface area contributed by atoms with Crippen LogP contribution < -0.4 is 11.1 Å². The van der Waals surface area contributed by atoms with Gasteiger partial charge in [-0.3, -0.25) is 4.79 Å². The van der Waals surface area contributed by atoms with Crippen molar-refractivity contribution in [1.29, 1.82) is 0 Å². The van der Waals surface area contributed by atoms with Crippen molar-refractivity contribution in [1.82, 2.24) is 4.90 Å². The van der Waals surface area contributed by atoms with Crippen molar-refractivity contribution in [3.63, 3.8) is 0 Å². The molecule has 2 fully saturated rings. The predicted molar refractivity (Wildman–Crippen MR) is 106 cm³/mol. The summed E-state index contributed by atoms with van der Waals surface area (Å²) < 4.78 is 0. The van der Waals surface area contributed by atoms with Crippen molar-refractivity contribution in [3.05, 3.63) is 29.3 Å². The molecule has 2 bridgehead atoms. The van der Waals surface area contributed by atoms with Crippen LogP contribution in [0.5, 0.6) is 0 Å². The third-order valence-corrected chi connectivity index (χ3v) is 5.69. The van der Waals surface area contributed by atoms with Crippen LogP contribution in [0.15, 0.2) is 18.2 Å². The van der Waals surface area contributed by atoms with Crippen LogP contribution in [0.2, 0.25) is 0 Å². The Kier molecular flexibility index (Phi) is 6.89. The molecule has 0 aliphatic heterocycles. The zero-order valence-corrected chi connectivity index (χ0v) is 16.4. The van der Waals surface area contributed by atoms with Crippen molar-refractivity contribution in [2.75, 3.05) is 19.4 Å². The quantitative estimate of drug-likeness (QED) is 0.857. The molecule has 3 rings (SSSR count). The summed E-state index contributed by atoms with van der Waals surface area (Å²) >= 11 is 0. The molecule has 2 aliphatic rings. The lowest BCUT2D eigenvalue weighted by Crippen LogP contribution is -2.48. The number of halogens is 1. The molecular formula is C20H32ClN3O. The van der Waals surface area contributed by atoms with Crippen LogP contribution in [-0.4, -0.2) is 30.9 Å². The highest BCUT2D eigenvalue weighted by molar-refractivity contribution is 5.92. The van der Waals surface area contributed by atoms with E-state index in [9.17, 15) is 4.79 Å². The van der Waals surface area contributed by atoms with Gasteiger partial charge < -0.3 is 16.0 Å². The number of aryl methyl sites for hydroxylation is 1. The minimum absolute atomic E-state index is 0. The number of fused-ring (bicyclic) bond motifs is 2. The van der Waals surface area contributed by atoms with Gasteiger partial charge in [-0.25, -0.2) is 0 Å². The number of anilines is 1. The Labute approximate surface area is 157 Å². The fourth-order valence-electron chi connectivity index (χ4n) is 4.64. The number of nitrogens with zero attached hydrogens (tertiary/aromatic N) is 1. The molecule has 3 N–H and O–H groups in total. The summed E-state index contributed by atoms with van der Waals surface area (Å²) in [6, 6.07) is 6.65. The summed E-state index contributed by atoms with van der Waals surface area (Å²) in [5.41, 5.74) is 9.70. The van der Waals surface area contributed by atoms with Crippen molar-refractivity contribution >= 4 is 24.0 Å². The first kappa shape index (κ1) is 20.2. The molecule has 1 aromatic rings. The number of hydrogen-bond acceptors (Lipinski definition) is 3. The molecule has 2 unspecified atom stereocenters. The zero-order chi connectivity index (χ0) is 17.3. The van der Waals surface area contributed by atoms with Gasteiger partial charge >= 0.3 is 0 Å². The number of nitrogens with one attached hydrogen (secondary N) is 1. The number of amides is 1. The SMILES string of the molecule is Cc1cc(CN(C)C)cc(NC(=O)C2CC3CCCC(C2)C3N)c1.Cl. The number of carbonyl (C=O) groups is 1. The van der Waals surface area contributed by atoms with Crippen LogP contribution >= 0.6 is 12.4 Å². The lowest BCUT2D eigenvalue weighted by Gasteiger charge is -2.43. The van der Waals surface area contributed by atoms with E-state index in [1.807, 2.05) is 0 Å². The molecule has 0 saturated heterocycles. The average molecular weight is 366 g/mol. The van der Waals surface area contributed by atoms with E-state index >= 15 is 0 Å². The van der Waals surface area contributed by atoms with Crippen molar-refractivity contribution < 1.29 is 4.79 Å². The number of benzene rings is 1. The number of carbonyl (C=O) groups excluding carboxylic acids is 1. The zero-order valence-electron chi connectivity index (χ0n) is 15.6. The maximum atomic E-state index is 12.8. The molecular weight excluding hydrogens is 334 g/mol. The second-order valence-corrected chi connectivity index (χ2v) is 8.13. The van der Waals surface area contributed by atoms with Gasteiger partial charge in [0.2, 0.25) is 5.91 Å². The van der Waals surface area contributed by atoms with Crippen LogP contribution in [-0.2, 0) is 11.3 Å². The summed E-state index contributed by atoms with van der Waals surface area (Å²) in [5.74, 6) is 1.38. The molecule has 1 amide bonds. The lowest BCUT2D eigenvalue weighted by atomic mass is 9.65. The Bertz CT molecular complexity index is 591. The van der Waals surface area contributed by atoms with Gasteiger partial charge in [-0.05, 0) is 81.8 Å². The largest absolute Gasteiger partial charge is 0.327 e. The first-order valence-electron chi connectivity index (χ1n) is 9.24. The smallest absolute Gasteiger partial charge is 0.227 e. The summed E-state index contributed by atoms with van der Waals surface area (Å²) in [4.78, 5) is 14.9. The molecule has 140 valence electrons. The van der Waals surface area contributed by atoms with Crippen molar-refractivity contribution in [2.24, 2.45) is 23.5 Å². The molecule has 2 saturated carbocycles. The van der Waals surface area contributed by atoms with E-state index in [1.165, 1.54) is 30.4 Å². The summed E-state index contributed by atoms with van der Waals surface area (Å²) in [5, 5.41) is 3.17. The third kappa shape index (κ3) is 4.96. The van der Waals surface area contributed by atoms with E-state index in [0.29, 0.717) is 17.9 Å². The Morgan fingerprint density at radius 2 is 1.84 bits per heavy atom. The molecule has 25 heavy (non-hydrogen) atoms. The molecule has 5 heteroatoms. The van der Waals surface area contributed by atoms with E-state index in [2.05, 4.69) is 49.4 Å². The molecule has 0 heterocycles. The highest BCUT2D eigenvalue weighted by Gasteiger charge is 2.40. The first-order chi connectivity index (χ1) is 11.4. The lowest BCUT2D eigenvalue weighted by molar-refractivity contribution is -0.122. The number of nitrogens with two attached hydrogens (primary N) is 1. The van der Waals surface area contributed by atoms with Gasteiger partial charge in [-0.1, -0.05) is 12.5 Å². The van der Waals surface area contributed by atoms with E-state index in [1.54, 1.807) is 0 Å². The summed E-state index contributed by atoms with van der Waals surface area (Å²) in [6.07, 6.45) is 5.58. The van der Waals surface area contributed by atoms with E-state index in [4.69, 9.17) is 5.73 Å². The summed E-state index contributed by atoms with van der Waals surface area (Å²) in [7, 11) is 4.12. The van der Waals surface area contributed by atoms with Gasteiger partial charge in [0, 0.05) is 24.2 Å². The topological polar surface area (TPSA) is 58.4 Å². The van der Waals surface area contributed by atoms with Crippen LogP contribution in [0.25, 0.3) is 0 Å². The Hall–Kier alpha value is -1.10. The minimum Gasteiger partial charge on any atom is -0.327 e. The molecule has 0 aromatic heterocycles.